The number of rotatable bonds is 5. The summed E-state index contributed by atoms with van der Waals surface area (Å²) in [5, 5.41) is 5.00. The van der Waals surface area contributed by atoms with E-state index < -0.39 is 0 Å². The van der Waals surface area contributed by atoms with Crippen LogP contribution in [-0.4, -0.2) is 43.5 Å². The number of methoxy groups -OCH3 is 1. The maximum absolute atomic E-state index is 12.1. The zero-order valence-corrected chi connectivity index (χ0v) is 13.3. The molecule has 1 aromatic rings. The first-order valence-corrected chi connectivity index (χ1v) is 8.11. The molecule has 2 atom stereocenters. The molecule has 1 amide bonds. The summed E-state index contributed by atoms with van der Waals surface area (Å²) in [6, 6.07) is 4.02. The minimum Gasteiger partial charge on any atom is -0.469 e. The van der Waals surface area contributed by atoms with E-state index in [4.69, 9.17) is 4.74 Å². The van der Waals surface area contributed by atoms with Crippen LogP contribution >= 0.6 is 11.3 Å². The fourth-order valence-electron chi connectivity index (χ4n) is 2.66. The molecule has 0 saturated carbocycles. The highest BCUT2D eigenvalue weighted by Crippen LogP contribution is 2.19. The minimum atomic E-state index is -0.174. The van der Waals surface area contributed by atoms with Crippen LogP contribution in [0.25, 0.3) is 0 Å². The molecule has 1 N–H and O–H groups in total. The van der Waals surface area contributed by atoms with E-state index in [1.54, 1.807) is 11.3 Å². The van der Waals surface area contributed by atoms with Gasteiger partial charge in [0, 0.05) is 11.4 Å². The molecule has 1 saturated heterocycles. The molecule has 1 aliphatic heterocycles. The molecule has 2 rings (SSSR count). The van der Waals surface area contributed by atoms with Gasteiger partial charge in [-0.25, -0.2) is 0 Å². The monoisotopic (exact) mass is 310 g/mol. The maximum atomic E-state index is 12.1. The Hall–Kier alpha value is -1.40. The fraction of sp³-hybridized carbons (Fsp3) is 0.600. The number of piperidine rings is 1. The second kappa shape index (κ2) is 7.56. The number of carbonyl (C=O) groups excluding carboxylic acids is 2. The lowest BCUT2D eigenvalue weighted by molar-refractivity contribution is -0.147. The summed E-state index contributed by atoms with van der Waals surface area (Å²) in [6.07, 6.45) is 1.77. The predicted molar refractivity (Wildman–Crippen MR) is 82.1 cm³/mol. The number of carbonyl (C=O) groups is 2. The Morgan fingerprint density at radius 1 is 1.57 bits per heavy atom. The quantitative estimate of drug-likeness (QED) is 0.843. The third kappa shape index (κ3) is 4.54. The lowest BCUT2D eigenvalue weighted by atomic mass is 9.98. The van der Waals surface area contributed by atoms with Gasteiger partial charge in [0.2, 0.25) is 5.91 Å². The van der Waals surface area contributed by atoms with Gasteiger partial charge in [0.25, 0.3) is 0 Å². The van der Waals surface area contributed by atoms with E-state index in [0.717, 1.165) is 24.3 Å². The standard InChI is InChI=1S/C15H22N2O3S/c1-11(13-6-4-8-21-13)16-14(18)10-17-7-3-5-12(9-17)15(19)20-2/h4,6,8,11-12H,3,5,7,9-10H2,1-2H3,(H,16,18). The van der Waals surface area contributed by atoms with Gasteiger partial charge in [-0.2, -0.15) is 0 Å². The van der Waals surface area contributed by atoms with E-state index in [1.807, 2.05) is 29.3 Å². The van der Waals surface area contributed by atoms with Crippen molar-refractivity contribution in [2.75, 3.05) is 26.7 Å². The molecular formula is C15H22N2O3S. The summed E-state index contributed by atoms with van der Waals surface area (Å²) < 4.78 is 4.79. The fourth-order valence-corrected chi connectivity index (χ4v) is 3.39. The summed E-state index contributed by atoms with van der Waals surface area (Å²) in [5.74, 6) is -0.278. The smallest absolute Gasteiger partial charge is 0.309 e. The number of nitrogens with zero attached hydrogens (tertiary/aromatic N) is 1. The van der Waals surface area contributed by atoms with E-state index in [-0.39, 0.29) is 23.8 Å². The molecule has 1 aliphatic rings. The number of amides is 1. The average Bonchev–Trinajstić information content (AvgIpc) is 3.00. The van der Waals surface area contributed by atoms with Gasteiger partial charge in [-0.3, -0.25) is 14.5 Å². The van der Waals surface area contributed by atoms with Gasteiger partial charge in [0.05, 0.1) is 25.6 Å². The van der Waals surface area contributed by atoms with Gasteiger partial charge in [-0.1, -0.05) is 6.07 Å². The van der Waals surface area contributed by atoms with Crippen molar-refractivity contribution in [3.05, 3.63) is 22.4 Å². The number of thiophene rings is 1. The molecule has 1 fully saturated rings. The van der Waals surface area contributed by atoms with Crippen molar-refractivity contribution in [1.82, 2.24) is 10.2 Å². The molecule has 21 heavy (non-hydrogen) atoms. The van der Waals surface area contributed by atoms with Crippen LogP contribution in [0, 0.1) is 5.92 Å². The van der Waals surface area contributed by atoms with Gasteiger partial charge in [-0.15, -0.1) is 11.3 Å². The number of nitrogens with one attached hydrogen (secondary N) is 1. The first-order valence-electron chi connectivity index (χ1n) is 7.23. The lowest BCUT2D eigenvalue weighted by Gasteiger charge is -2.30. The zero-order valence-electron chi connectivity index (χ0n) is 12.5. The van der Waals surface area contributed by atoms with Crippen LogP contribution in [0.15, 0.2) is 17.5 Å². The molecular weight excluding hydrogens is 288 g/mol. The number of ether oxygens (including phenoxy) is 1. The van der Waals surface area contributed by atoms with Crippen molar-refractivity contribution in [2.45, 2.75) is 25.8 Å². The molecule has 0 spiro atoms. The Balaban J connectivity index is 1.80. The van der Waals surface area contributed by atoms with E-state index in [2.05, 4.69) is 5.32 Å². The van der Waals surface area contributed by atoms with Gasteiger partial charge in [-0.05, 0) is 37.8 Å². The largest absolute Gasteiger partial charge is 0.469 e. The average molecular weight is 310 g/mol. The van der Waals surface area contributed by atoms with Crippen LogP contribution < -0.4 is 5.32 Å². The first kappa shape index (κ1) is 16.0. The van der Waals surface area contributed by atoms with Crippen molar-refractivity contribution < 1.29 is 14.3 Å². The van der Waals surface area contributed by atoms with Gasteiger partial charge < -0.3 is 10.1 Å². The molecule has 5 nitrogen and oxygen atoms in total. The zero-order chi connectivity index (χ0) is 15.2. The van der Waals surface area contributed by atoms with E-state index in [1.165, 1.54) is 7.11 Å². The minimum absolute atomic E-state index is 0.00131. The highest BCUT2D eigenvalue weighted by Gasteiger charge is 2.27. The third-order valence-corrected chi connectivity index (χ3v) is 4.81. The Bertz CT molecular complexity index is 475. The number of esters is 1. The highest BCUT2D eigenvalue weighted by atomic mass is 32.1. The number of hydrogen-bond donors (Lipinski definition) is 1. The van der Waals surface area contributed by atoms with Gasteiger partial charge in [0.1, 0.15) is 0 Å². The van der Waals surface area contributed by atoms with Crippen molar-refractivity contribution in [2.24, 2.45) is 5.92 Å². The molecule has 2 unspecified atom stereocenters. The molecule has 0 bridgehead atoms. The Labute approximate surface area is 129 Å². The summed E-state index contributed by atoms with van der Waals surface area (Å²) in [7, 11) is 1.41. The van der Waals surface area contributed by atoms with Crippen molar-refractivity contribution in [3.63, 3.8) is 0 Å². The van der Waals surface area contributed by atoms with Crippen LogP contribution in [0.2, 0.25) is 0 Å². The molecule has 1 aromatic heterocycles. The molecule has 6 heteroatoms. The Kier molecular flexibility index (Phi) is 5.76. The summed E-state index contributed by atoms with van der Waals surface area (Å²) in [4.78, 5) is 26.9. The third-order valence-electron chi connectivity index (χ3n) is 3.75. The van der Waals surface area contributed by atoms with Crippen molar-refractivity contribution in [3.8, 4) is 0 Å². The highest BCUT2D eigenvalue weighted by molar-refractivity contribution is 7.10. The number of likely N-dealkylation sites (tertiary alicyclic amines) is 1. The first-order chi connectivity index (χ1) is 10.1. The second-order valence-electron chi connectivity index (χ2n) is 5.40. The van der Waals surface area contributed by atoms with Crippen molar-refractivity contribution >= 4 is 23.2 Å². The summed E-state index contributed by atoms with van der Waals surface area (Å²) in [5.41, 5.74) is 0. The SMILES string of the molecule is COC(=O)C1CCCN(CC(=O)NC(C)c2cccs2)C1. The van der Waals surface area contributed by atoms with Crippen LogP contribution in [0.3, 0.4) is 0 Å². The molecule has 116 valence electrons. The lowest BCUT2D eigenvalue weighted by Crippen LogP contribution is -2.44. The second-order valence-corrected chi connectivity index (χ2v) is 6.38. The van der Waals surface area contributed by atoms with Gasteiger partial charge in [0.15, 0.2) is 0 Å². The van der Waals surface area contributed by atoms with E-state index in [9.17, 15) is 9.59 Å². The van der Waals surface area contributed by atoms with Crippen LogP contribution in [0.5, 0.6) is 0 Å². The van der Waals surface area contributed by atoms with Crippen molar-refractivity contribution in [1.29, 1.82) is 0 Å². The number of hydrogen-bond acceptors (Lipinski definition) is 5. The van der Waals surface area contributed by atoms with Crippen LogP contribution in [0.1, 0.15) is 30.7 Å². The molecule has 0 aliphatic carbocycles. The van der Waals surface area contributed by atoms with Gasteiger partial charge >= 0.3 is 5.97 Å². The summed E-state index contributed by atoms with van der Waals surface area (Å²) in [6.45, 7) is 3.78. The predicted octanol–water partition coefficient (Wildman–Crippen LogP) is 1.81. The van der Waals surface area contributed by atoms with Crippen LogP contribution in [0.4, 0.5) is 0 Å². The summed E-state index contributed by atoms with van der Waals surface area (Å²) >= 11 is 1.64. The molecule has 0 radical (unpaired) electrons. The Morgan fingerprint density at radius 3 is 3.05 bits per heavy atom. The molecule has 2 heterocycles. The van der Waals surface area contributed by atoms with E-state index in [0.29, 0.717) is 13.1 Å². The maximum Gasteiger partial charge on any atom is 0.309 e. The Morgan fingerprint density at radius 2 is 2.38 bits per heavy atom. The van der Waals surface area contributed by atoms with Crippen LogP contribution in [-0.2, 0) is 14.3 Å². The van der Waals surface area contributed by atoms with E-state index >= 15 is 0 Å². The normalized spacial score (nSPS) is 20.8. The topological polar surface area (TPSA) is 58.6 Å². The molecule has 0 aromatic carbocycles.